The Labute approximate surface area is 259 Å². The number of alkyl halides is 3. The van der Waals surface area contributed by atoms with Crippen LogP contribution in [-0.4, -0.2) is 58.4 Å². The SMILES string of the molecule is CC(=O)C(C)(C)F.N=S(=O)(CCN)c1ccc(-c2cc(SNC3(O)CC3)cn3c(-c4nnc(C(F)F)s4)nc(Cl)c23)cc1. The molecule has 0 saturated heterocycles. The van der Waals surface area contributed by atoms with Gasteiger partial charge in [0.15, 0.2) is 32.4 Å². The fraction of sp³-hybridized carbons (Fsp3) is 0.385. The van der Waals surface area contributed by atoms with Crippen molar-refractivity contribution in [1.29, 1.82) is 4.78 Å². The lowest BCUT2D eigenvalue weighted by Crippen LogP contribution is -2.23. The molecule has 0 radical (unpaired) electrons. The van der Waals surface area contributed by atoms with Crippen molar-refractivity contribution in [3.63, 3.8) is 0 Å². The molecule has 10 nitrogen and oxygen atoms in total. The Kier molecular flexibility index (Phi) is 9.90. The number of nitrogens with two attached hydrogens (primary N) is 1. The van der Waals surface area contributed by atoms with Crippen LogP contribution in [0.15, 0.2) is 46.3 Å². The molecule has 1 unspecified atom stereocenters. The largest absolute Gasteiger partial charge is 0.375 e. The molecule has 1 atom stereocenters. The summed E-state index contributed by atoms with van der Waals surface area (Å²) < 4.78 is 63.8. The van der Waals surface area contributed by atoms with Crippen molar-refractivity contribution in [3.8, 4) is 22.0 Å². The molecule has 1 fully saturated rings. The summed E-state index contributed by atoms with van der Waals surface area (Å²) in [6.45, 7) is 3.86. The fourth-order valence-electron chi connectivity index (χ4n) is 3.50. The van der Waals surface area contributed by atoms with Gasteiger partial charge in [-0.3, -0.25) is 9.20 Å². The highest BCUT2D eigenvalue weighted by Gasteiger charge is 2.40. The number of nitrogens with zero attached hydrogens (tertiary/aromatic N) is 4. The number of Topliss-reactive ketones (excluding diaryl/α,β-unsaturated/α-hetero) is 1. The first-order chi connectivity index (χ1) is 20.0. The van der Waals surface area contributed by atoms with Gasteiger partial charge in [0.25, 0.3) is 6.43 Å². The number of nitrogens with one attached hydrogen (secondary N) is 2. The standard InChI is InChI=1S/C21H20ClF2N7O2S3.C5H9FO/c22-16-15-14(11-1-3-13(4-2-11)36(26,33)8-7-25)9-12(35-30-21(32)5-6-21)10-31(15)18(27-16)20-29-28-19(34-20)17(23)24;1-4(7)5(2,3)6/h1-4,9-10,17,26,30,32H,5-8,25H2;1-3H3. The summed E-state index contributed by atoms with van der Waals surface area (Å²) in [6, 6.07) is 8.55. The minimum atomic E-state index is -3.01. The normalized spacial score (nSPS) is 15.7. The molecule has 43 heavy (non-hydrogen) atoms. The van der Waals surface area contributed by atoms with Crippen LogP contribution in [0, 0.1) is 4.78 Å². The highest BCUT2D eigenvalue weighted by Crippen LogP contribution is 2.40. The van der Waals surface area contributed by atoms with Gasteiger partial charge in [-0.2, -0.15) is 0 Å². The van der Waals surface area contributed by atoms with Crippen molar-refractivity contribution < 1.29 is 27.3 Å². The average molecular weight is 676 g/mol. The molecule has 17 heteroatoms. The van der Waals surface area contributed by atoms with Gasteiger partial charge in [-0.15, -0.1) is 10.2 Å². The van der Waals surface area contributed by atoms with Crippen LogP contribution in [0.1, 0.15) is 45.0 Å². The smallest absolute Gasteiger partial charge is 0.291 e. The quantitative estimate of drug-likeness (QED) is 0.119. The van der Waals surface area contributed by atoms with Gasteiger partial charge in [-0.1, -0.05) is 35.1 Å². The lowest BCUT2D eigenvalue weighted by atomic mass is 10.1. The summed E-state index contributed by atoms with van der Waals surface area (Å²) in [6.07, 6.45) is 0.240. The molecule has 3 aromatic heterocycles. The summed E-state index contributed by atoms with van der Waals surface area (Å²) in [5.74, 6) is -0.119. The monoisotopic (exact) mass is 675 g/mol. The van der Waals surface area contributed by atoms with Gasteiger partial charge in [-0.05, 0) is 69.3 Å². The Morgan fingerprint density at radius 1 is 1.33 bits per heavy atom. The zero-order valence-corrected chi connectivity index (χ0v) is 26.4. The predicted molar refractivity (Wildman–Crippen MR) is 162 cm³/mol. The zero-order chi connectivity index (χ0) is 31.7. The minimum absolute atomic E-state index is 0.0531. The Bertz CT molecular complexity index is 1740. The van der Waals surface area contributed by atoms with Gasteiger partial charge in [0, 0.05) is 33.8 Å². The van der Waals surface area contributed by atoms with Crippen LogP contribution in [0.3, 0.4) is 0 Å². The van der Waals surface area contributed by atoms with E-state index in [0.29, 0.717) is 39.3 Å². The Hall–Kier alpha value is -2.60. The molecule has 4 aromatic rings. The Balaban J connectivity index is 0.000000541. The molecule has 1 aliphatic carbocycles. The molecule has 3 heterocycles. The highest BCUT2D eigenvalue weighted by molar-refractivity contribution is 7.97. The van der Waals surface area contributed by atoms with Crippen LogP contribution in [0.5, 0.6) is 0 Å². The van der Waals surface area contributed by atoms with Crippen LogP contribution < -0.4 is 10.5 Å². The van der Waals surface area contributed by atoms with Gasteiger partial charge in [-0.25, -0.2) is 31.9 Å². The summed E-state index contributed by atoms with van der Waals surface area (Å²) in [5, 5.41) is 17.5. The van der Waals surface area contributed by atoms with Crippen LogP contribution in [0.2, 0.25) is 5.15 Å². The molecule has 0 amide bonds. The van der Waals surface area contributed by atoms with Crippen LogP contribution in [-0.2, 0) is 14.5 Å². The van der Waals surface area contributed by atoms with Gasteiger partial charge >= 0.3 is 0 Å². The first kappa shape index (κ1) is 33.3. The number of carbonyl (C=O) groups is 1. The summed E-state index contributed by atoms with van der Waals surface area (Å²) >= 11 is 8.48. The molecule has 1 saturated carbocycles. The number of fused-ring (bicyclic) bond motifs is 1. The van der Waals surface area contributed by atoms with E-state index in [2.05, 4.69) is 19.9 Å². The number of rotatable bonds is 10. The van der Waals surface area contributed by atoms with Crippen molar-refractivity contribution >= 4 is 55.9 Å². The van der Waals surface area contributed by atoms with Crippen LogP contribution in [0.4, 0.5) is 13.2 Å². The van der Waals surface area contributed by atoms with E-state index in [0.717, 1.165) is 11.3 Å². The second kappa shape index (κ2) is 12.8. The van der Waals surface area contributed by atoms with Gasteiger partial charge in [0.05, 0.1) is 15.2 Å². The lowest BCUT2D eigenvalue weighted by molar-refractivity contribution is -0.126. The number of ketones is 1. The minimum Gasteiger partial charge on any atom is -0.375 e. The van der Waals surface area contributed by atoms with E-state index in [1.54, 1.807) is 34.9 Å². The van der Waals surface area contributed by atoms with Crippen LogP contribution in [0.25, 0.3) is 27.5 Å². The van der Waals surface area contributed by atoms with E-state index in [-0.39, 0.29) is 28.3 Å². The molecular formula is C26H29ClF3N7O3S3. The van der Waals surface area contributed by atoms with Crippen molar-refractivity contribution in [2.75, 3.05) is 12.3 Å². The number of aliphatic hydroxyl groups is 1. The summed E-state index contributed by atoms with van der Waals surface area (Å²) in [4.78, 5) is 15.5. The Morgan fingerprint density at radius 3 is 2.47 bits per heavy atom. The highest BCUT2D eigenvalue weighted by atomic mass is 35.5. The maximum atomic E-state index is 13.1. The first-order valence-corrected chi connectivity index (χ1v) is 16.6. The predicted octanol–water partition coefficient (Wildman–Crippen LogP) is 5.88. The molecule has 1 aromatic carbocycles. The molecule has 0 aliphatic heterocycles. The van der Waals surface area contributed by atoms with Crippen molar-refractivity contribution in [3.05, 3.63) is 46.7 Å². The van der Waals surface area contributed by atoms with E-state index < -0.39 is 38.3 Å². The van der Waals surface area contributed by atoms with E-state index in [4.69, 9.17) is 22.1 Å². The molecular weight excluding hydrogens is 647 g/mol. The topological polar surface area (TPSA) is 159 Å². The van der Waals surface area contributed by atoms with Gasteiger partial charge in [0.1, 0.15) is 5.72 Å². The van der Waals surface area contributed by atoms with Crippen molar-refractivity contribution in [2.24, 2.45) is 5.73 Å². The average Bonchev–Trinajstić information content (AvgIpc) is 3.31. The second-order valence-electron chi connectivity index (χ2n) is 10.2. The molecule has 1 aliphatic rings. The molecule has 232 valence electrons. The van der Waals surface area contributed by atoms with E-state index in [9.17, 15) is 27.3 Å². The number of pyridine rings is 1. The number of imidazole rings is 1. The third-order valence-corrected chi connectivity index (χ3v) is 10.3. The third kappa shape index (κ3) is 7.92. The number of aromatic nitrogens is 4. The molecule has 0 bridgehead atoms. The number of benzene rings is 1. The lowest BCUT2D eigenvalue weighted by Gasteiger charge is -2.13. The maximum Gasteiger partial charge on any atom is 0.291 e. The van der Waals surface area contributed by atoms with Gasteiger partial charge < -0.3 is 10.8 Å². The number of halogens is 4. The number of carbonyl (C=O) groups excluding carboxylic acids is 1. The van der Waals surface area contributed by atoms with E-state index in [1.807, 2.05) is 6.07 Å². The second-order valence-corrected chi connectivity index (χ2v) is 14.7. The maximum absolute atomic E-state index is 13.1. The number of hydrogen-bond acceptors (Lipinski definition) is 11. The Morgan fingerprint density at radius 2 is 1.95 bits per heavy atom. The zero-order valence-electron chi connectivity index (χ0n) is 23.2. The summed E-state index contributed by atoms with van der Waals surface area (Å²) in [7, 11) is -3.01. The molecule has 0 spiro atoms. The third-order valence-electron chi connectivity index (χ3n) is 6.36. The summed E-state index contributed by atoms with van der Waals surface area (Å²) in [5.41, 5.74) is 4.81. The van der Waals surface area contributed by atoms with Gasteiger partial charge in [0.2, 0.25) is 0 Å². The van der Waals surface area contributed by atoms with Crippen molar-refractivity contribution in [2.45, 2.75) is 61.2 Å². The van der Waals surface area contributed by atoms with Crippen LogP contribution >= 0.6 is 34.9 Å². The van der Waals surface area contributed by atoms with E-state index >= 15 is 0 Å². The fourth-order valence-corrected chi connectivity index (χ4v) is 6.45. The molecule has 5 N–H and O–H groups in total. The number of hydrogen-bond donors (Lipinski definition) is 4. The van der Waals surface area contributed by atoms with Crippen molar-refractivity contribution in [1.82, 2.24) is 24.3 Å². The molecule has 5 rings (SSSR count). The first-order valence-electron chi connectivity index (χ1n) is 12.8. The van der Waals surface area contributed by atoms with E-state index in [1.165, 1.54) is 32.7 Å².